The lowest BCUT2D eigenvalue weighted by Gasteiger charge is -2.32. The first kappa shape index (κ1) is 26.3. The SMILES string of the molecule is CC(C)c1ccc(N(C(=O)c2snc(C(N)=O)c2N)[C@@H](C(=O)NC2CCCC2)c2ccc(F)cc2)cc1. The van der Waals surface area contributed by atoms with Gasteiger partial charge in [0.15, 0.2) is 5.69 Å². The van der Waals surface area contributed by atoms with Crippen LogP contribution in [0.2, 0.25) is 0 Å². The average Bonchev–Trinajstić information content (AvgIpc) is 3.52. The standard InChI is InChI=1S/C27H30FN5O3S/c1-15(2)16-9-13-20(14-10-16)33(27(36)24-21(29)22(25(30)34)32-37-24)23(17-7-11-18(28)12-8-17)26(35)31-19-5-3-4-6-19/h7-15,19,23H,3-6,29H2,1-2H3,(H2,30,34)(H,31,35)/t23-/m1/s1. The minimum atomic E-state index is -1.13. The molecule has 0 spiro atoms. The molecule has 37 heavy (non-hydrogen) atoms. The number of aromatic nitrogens is 1. The van der Waals surface area contributed by atoms with Crippen molar-refractivity contribution >= 4 is 40.6 Å². The molecule has 0 radical (unpaired) electrons. The van der Waals surface area contributed by atoms with E-state index in [0.29, 0.717) is 11.3 Å². The van der Waals surface area contributed by atoms with Gasteiger partial charge in [0.05, 0.1) is 5.69 Å². The Morgan fingerprint density at radius 2 is 1.62 bits per heavy atom. The van der Waals surface area contributed by atoms with E-state index in [2.05, 4.69) is 23.5 Å². The van der Waals surface area contributed by atoms with Crippen molar-refractivity contribution in [3.8, 4) is 0 Å². The third kappa shape index (κ3) is 5.64. The number of primary amides is 1. The van der Waals surface area contributed by atoms with Gasteiger partial charge in [-0.2, -0.15) is 4.37 Å². The summed E-state index contributed by atoms with van der Waals surface area (Å²) in [5.74, 6) is -2.06. The summed E-state index contributed by atoms with van der Waals surface area (Å²) >= 11 is 0.745. The van der Waals surface area contributed by atoms with Gasteiger partial charge in [0, 0.05) is 11.7 Å². The number of benzene rings is 2. The van der Waals surface area contributed by atoms with Gasteiger partial charge in [-0.05, 0) is 65.7 Å². The molecule has 0 bridgehead atoms. The lowest BCUT2D eigenvalue weighted by molar-refractivity contribution is -0.123. The molecule has 3 aromatic rings. The first-order chi connectivity index (χ1) is 17.7. The van der Waals surface area contributed by atoms with Gasteiger partial charge in [-0.15, -0.1) is 0 Å². The summed E-state index contributed by atoms with van der Waals surface area (Å²) in [7, 11) is 0. The van der Waals surface area contributed by atoms with E-state index < -0.39 is 29.6 Å². The molecule has 10 heteroatoms. The van der Waals surface area contributed by atoms with E-state index in [9.17, 15) is 18.8 Å². The highest BCUT2D eigenvalue weighted by molar-refractivity contribution is 7.09. The second-order valence-electron chi connectivity index (χ2n) is 9.50. The summed E-state index contributed by atoms with van der Waals surface area (Å²) in [6.45, 7) is 4.11. The summed E-state index contributed by atoms with van der Waals surface area (Å²) < 4.78 is 17.8. The Hall–Kier alpha value is -3.79. The Kier molecular flexibility index (Phi) is 7.87. The molecule has 1 aliphatic carbocycles. The zero-order valence-electron chi connectivity index (χ0n) is 20.7. The van der Waals surface area contributed by atoms with Crippen molar-refractivity contribution in [3.63, 3.8) is 0 Å². The Morgan fingerprint density at radius 1 is 1.03 bits per heavy atom. The summed E-state index contributed by atoms with van der Waals surface area (Å²) in [6, 6.07) is 11.7. The van der Waals surface area contributed by atoms with Crippen LogP contribution in [0.1, 0.15) is 82.8 Å². The van der Waals surface area contributed by atoms with E-state index in [1.54, 1.807) is 12.1 Å². The predicted molar refractivity (Wildman–Crippen MR) is 142 cm³/mol. The van der Waals surface area contributed by atoms with Crippen molar-refractivity contribution in [1.29, 1.82) is 0 Å². The normalized spacial score (nSPS) is 14.5. The lowest BCUT2D eigenvalue weighted by Crippen LogP contribution is -2.46. The monoisotopic (exact) mass is 523 g/mol. The molecule has 1 saturated carbocycles. The fraction of sp³-hybridized carbons (Fsp3) is 0.333. The summed E-state index contributed by atoms with van der Waals surface area (Å²) in [5, 5.41) is 3.07. The Labute approximate surface area is 219 Å². The molecular formula is C27H30FN5O3S. The van der Waals surface area contributed by atoms with Crippen LogP contribution in [0.3, 0.4) is 0 Å². The Bertz CT molecular complexity index is 1280. The third-order valence-corrected chi connectivity index (χ3v) is 7.46. The molecule has 8 nitrogen and oxygen atoms in total. The molecule has 0 unspecified atom stereocenters. The van der Waals surface area contributed by atoms with E-state index >= 15 is 0 Å². The number of hydrogen-bond donors (Lipinski definition) is 3. The maximum absolute atomic E-state index is 14.1. The number of carbonyl (C=O) groups excluding carboxylic acids is 3. The molecule has 1 fully saturated rings. The van der Waals surface area contributed by atoms with Crippen molar-refractivity contribution in [3.05, 3.63) is 76.0 Å². The van der Waals surface area contributed by atoms with Crippen LogP contribution in [-0.2, 0) is 4.79 Å². The van der Waals surface area contributed by atoms with Crippen LogP contribution in [-0.4, -0.2) is 28.1 Å². The van der Waals surface area contributed by atoms with Gasteiger partial charge < -0.3 is 16.8 Å². The second kappa shape index (κ2) is 11.1. The van der Waals surface area contributed by atoms with Crippen molar-refractivity contribution in [2.24, 2.45) is 5.73 Å². The van der Waals surface area contributed by atoms with E-state index in [4.69, 9.17) is 11.5 Å². The summed E-state index contributed by atoms with van der Waals surface area (Å²) in [4.78, 5) is 40.9. The molecule has 1 aromatic heterocycles. The van der Waals surface area contributed by atoms with E-state index in [1.165, 1.54) is 29.2 Å². The van der Waals surface area contributed by atoms with Crippen LogP contribution >= 0.6 is 11.5 Å². The zero-order chi connectivity index (χ0) is 26.7. The van der Waals surface area contributed by atoms with Gasteiger partial charge in [-0.1, -0.05) is 51.0 Å². The molecule has 0 saturated heterocycles. The lowest BCUT2D eigenvalue weighted by atomic mass is 10.00. The first-order valence-electron chi connectivity index (χ1n) is 12.2. The number of rotatable bonds is 8. The molecule has 3 amide bonds. The van der Waals surface area contributed by atoms with Crippen molar-refractivity contribution < 1.29 is 18.8 Å². The molecule has 1 aliphatic rings. The highest BCUT2D eigenvalue weighted by Crippen LogP contribution is 2.34. The van der Waals surface area contributed by atoms with Crippen LogP contribution in [0, 0.1) is 5.82 Å². The van der Waals surface area contributed by atoms with Gasteiger partial charge in [0.25, 0.3) is 11.8 Å². The fourth-order valence-electron chi connectivity index (χ4n) is 4.55. The Balaban J connectivity index is 1.85. The van der Waals surface area contributed by atoms with Crippen molar-refractivity contribution in [1.82, 2.24) is 9.69 Å². The van der Waals surface area contributed by atoms with Gasteiger partial charge in [0.1, 0.15) is 16.7 Å². The molecule has 1 atom stereocenters. The van der Waals surface area contributed by atoms with E-state index in [0.717, 1.165) is 42.8 Å². The number of nitrogens with zero attached hydrogens (tertiary/aromatic N) is 2. The topological polar surface area (TPSA) is 131 Å². The number of carbonyl (C=O) groups is 3. The van der Waals surface area contributed by atoms with E-state index in [1.807, 2.05) is 12.1 Å². The molecular weight excluding hydrogens is 493 g/mol. The number of nitrogens with two attached hydrogens (primary N) is 2. The number of halogens is 1. The second-order valence-corrected chi connectivity index (χ2v) is 10.3. The molecule has 1 heterocycles. The zero-order valence-corrected chi connectivity index (χ0v) is 21.6. The molecule has 4 rings (SSSR count). The van der Waals surface area contributed by atoms with Gasteiger partial charge in [-0.3, -0.25) is 19.3 Å². The van der Waals surface area contributed by atoms with Crippen LogP contribution in [0.15, 0.2) is 48.5 Å². The van der Waals surface area contributed by atoms with Crippen LogP contribution in [0.5, 0.6) is 0 Å². The molecule has 0 aliphatic heterocycles. The quantitative estimate of drug-likeness (QED) is 0.399. The molecule has 5 N–H and O–H groups in total. The van der Waals surface area contributed by atoms with E-state index in [-0.39, 0.29) is 28.2 Å². The minimum absolute atomic E-state index is 0.00865. The maximum Gasteiger partial charge on any atom is 0.273 e. The highest BCUT2D eigenvalue weighted by Gasteiger charge is 2.37. The van der Waals surface area contributed by atoms with Crippen molar-refractivity contribution in [2.75, 3.05) is 10.6 Å². The summed E-state index contributed by atoms with van der Waals surface area (Å²) in [6.07, 6.45) is 3.73. The van der Waals surface area contributed by atoms with Crippen LogP contribution < -0.4 is 21.7 Å². The number of nitrogen functional groups attached to an aromatic ring is 1. The number of nitrogens with one attached hydrogen (secondary N) is 1. The number of anilines is 2. The molecule has 194 valence electrons. The highest BCUT2D eigenvalue weighted by atomic mass is 32.1. The minimum Gasteiger partial charge on any atom is -0.395 e. The van der Waals surface area contributed by atoms with Crippen LogP contribution in [0.4, 0.5) is 15.8 Å². The smallest absolute Gasteiger partial charge is 0.273 e. The third-order valence-electron chi connectivity index (χ3n) is 6.61. The fourth-order valence-corrected chi connectivity index (χ4v) is 5.30. The maximum atomic E-state index is 14.1. The van der Waals surface area contributed by atoms with Crippen molar-refractivity contribution in [2.45, 2.75) is 57.5 Å². The Morgan fingerprint density at radius 3 is 2.16 bits per heavy atom. The average molecular weight is 524 g/mol. The summed E-state index contributed by atoms with van der Waals surface area (Å²) in [5.41, 5.74) is 13.1. The number of amides is 3. The molecule has 2 aromatic carbocycles. The number of hydrogen-bond acceptors (Lipinski definition) is 6. The predicted octanol–water partition coefficient (Wildman–Crippen LogP) is 4.53. The largest absolute Gasteiger partial charge is 0.395 e. The van der Waals surface area contributed by atoms with Gasteiger partial charge in [0.2, 0.25) is 5.91 Å². The first-order valence-corrected chi connectivity index (χ1v) is 13.0. The van der Waals surface area contributed by atoms with Crippen LogP contribution in [0.25, 0.3) is 0 Å². The van der Waals surface area contributed by atoms with Gasteiger partial charge >= 0.3 is 0 Å². The van der Waals surface area contributed by atoms with Gasteiger partial charge in [-0.25, -0.2) is 4.39 Å².